The van der Waals surface area contributed by atoms with Gasteiger partial charge in [-0.2, -0.15) is 0 Å². The van der Waals surface area contributed by atoms with Gasteiger partial charge in [0.05, 0.1) is 5.70 Å². The number of hydrogen-bond acceptors (Lipinski definition) is 2. The number of aliphatic imine (C=N–C) groups is 2. The zero-order valence-corrected chi connectivity index (χ0v) is 28.3. The Balaban J connectivity index is 1.30. The van der Waals surface area contributed by atoms with Crippen LogP contribution < -0.4 is 0 Å². The highest BCUT2D eigenvalue weighted by Gasteiger charge is 2.17. The molecule has 0 atom stereocenters. The molecule has 0 radical (unpaired) electrons. The summed E-state index contributed by atoms with van der Waals surface area (Å²) in [6.45, 7) is 2.02. The molecule has 0 unspecified atom stereocenters. The molecule has 8 rings (SSSR count). The molecule has 0 N–H and O–H groups in total. The quantitative estimate of drug-likeness (QED) is 0.0958. The van der Waals surface area contributed by atoms with Gasteiger partial charge in [-0.15, -0.1) is 0 Å². The van der Waals surface area contributed by atoms with Crippen molar-refractivity contribution < 1.29 is 0 Å². The predicted octanol–water partition coefficient (Wildman–Crippen LogP) is 12.3. The summed E-state index contributed by atoms with van der Waals surface area (Å²) >= 11 is 0. The van der Waals surface area contributed by atoms with Crippen LogP contribution in [-0.4, -0.2) is 17.0 Å². The van der Waals surface area contributed by atoms with E-state index in [4.69, 9.17) is 9.98 Å². The van der Waals surface area contributed by atoms with Crippen molar-refractivity contribution in [3.63, 3.8) is 0 Å². The molecule has 1 heterocycles. The molecule has 3 heteroatoms. The summed E-state index contributed by atoms with van der Waals surface area (Å²) < 4.78 is 0. The van der Waals surface area contributed by atoms with Gasteiger partial charge in [0.2, 0.25) is 0 Å². The van der Waals surface area contributed by atoms with Crippen LogP contribution in [0.4, 0.5) is 0 Å². The molecule has 0 amide bonds. The van der Waals surface area contributed by atoms with E-state index in [1.54, 1.807) is 6.20 Å². The molecule has 0 aliphatic carbocycles. The summed E-state index contributed by atoms with van der Waals surface area (Å²) in [6, 6.07) is 59.5. The second kappa shape index (κ2) is 14.4. The molecule has 242 valence electrons. The average molecular weight is 654 g/mol. The molecule has 1 aromatic heterocycles. The summed E-state index contributed by atoms with van der Waals surface area (Å²) in [5.41, 5.74) is 10.7. The van der Waals surface area contributed by atoms with Gasteiger partial charge in [0.25, 0.3) is 0 Å². The van der Waals surface area contributed by atoms with Crippen molar-refractivity contribution in [2.75, 3.05) is 0 Å². The third-order valence-electron chi connectivity index (χ3n) is 9.19. The third kappa shape index (κ3) is 6.53. The Bertz CT molecular complexity index is 2510. The van der Waals surface area contributed by atoms with Crippen molar-refractivity contribution in [3.8, 4) is 33.4 Å². The number of aromatic nitrogens is 1. The summed E-state index contributed by atoms with van der Waals surface area (Å²) in [7, 11) is 0. The fourth-order valence-corrected chi connectivity index (χ4v) is 6.82. The molecule has 3 nitrogen and oxygen atoms in total. The number of hydrogen-bond donors (Lipinski definition) is 0. The Labute approximate surface area is 298 Å². The van der Waals surface area contributed by atoms with E-state index in [0.29, 0.717) is 5.84 Å². The maximum Gasteiger partial charge on any atom is 0.159 e. The van der Waals surface area contributed by atoms with E-state index in [1.807, 2.05) is 49.7 Å². The van der Waals surface area contributed by atoms with Crippen LogP contribution in [0.25, 0.3) is 60.6 Å². The lowest BCUT2D eigenvalue weighted by Gasteiger charge is -2.18. The standard InChI is InChI=1S/C48H35N3/c1-2-45(35-17-5-3-6-18-35)51-48(50-32-34-16-13-21-37(30-34)40-24-15-29-49-33-40)39-23-14-22-38(31-39)47-43-27-11-9-25-41(43)46(36-19-7-4-8-20-36)42-26-10-12-28-44(42)47/h2-33H,1H3/b45-2-,50-32?,51-48?. The number of fused-ring (bicyclic) bond motifs is 2. The lowest BCUT2D eigenvalue weighted by atomic mass is 9.85. The Morgan fingerprint density at radius 2 is 1.04 bits per heavy atom. The summed E-state index contributed by atoms with van der Waals surface area (Å²) in [4.78, 5) is 14.6. The molecule has 0 saturated heterocycles. The van der Waals surface area contributed by atoms with Crippen LogP contribution in [0, 0.1) is 0 Å². The lowest BCUT2D eigenvalue weighted by Crippen LogP contribution is -2.01. The number of benzene rings is 7. The summed E-state index contributed by atoms with van der Waals surface area (Å²) in [6.07, 6.45) is 7.62. The van der Waals surface area contributed by atoms with E-state index in [1.165, 1.54) is 38.2 Å². The Morgan fingerprint density at radius 3 is 1.69 bits per heavy atom. The van der Waals surface area contributed by atoms with Gasteiger partial charge in [-0.05, 0) is 85.6 Å². The van der Waals surface area contributed by atoms with E-state index >= 15 is 0 Å². The van der Waals surface area contributed by atoms with Crippen LogP contribution in [0.1, 0.15) is 23.6 Å². The van der Waals surface area contributed by atoms with Crippen LogP contribution in [-0.2, 0) is 0 Å². The smallest absolute Gasteiger partial charge is 0.159 e. The highest BCUT2D eigenvalue weighted by molar-refractivity contribution is 6.21. The Morgan fingerprint density at radius 1 is 0.490 bits per heavy atom. The Hall–Kier alpha value is -6.71. The van der Waals surface area contributed by atoms with Gasteiger partial charge < -0.3 is 0 Å². The molecule has 0 fully saturated rings. The highest BCUT2D eigenvalue weighted by atomic mass is 14.9. The molecule has 7 aromatic carbocycles. The number of amidine groups is 1. The first kappa shape index (κ1) is 31.6. The van der Waals surface area contributed by atoms with Gasteiger partial charge in [0, 0.05) is 29.7 Å². The first-order chi connectivity index (χ1) is 25.3. The topological polar surface area (TPSA) is 37.6 Å². The van der Waals surface area contributed by atoms with Crippen LogP contribution in [0.2, 0.25) is 0 Å². The first-order valence-corrected chi connectivity index (χ1v) is 17.2. The second-order valence-electron chi connectivity index (χ2n) is 12.4. The number of nitrogens with zero attached hydrogens (tertiary/aromatic N) is 3. The van der Waals surface area contributed by atoms with E-state index in [-0.39, 0.29) is 0 Å². The van der Waals surface area contributed by atoms with Crippen LogP contribution in [0.3, 0.4) is 0 Å². The Kier molecular flexibility index (Phi) is 8.92. The molecule has 0 saturated carbocycles. The minimum Gasteiger partial charge on any atom is -0.264 e. The van der Waals surface area contributed by atoms with Gasteiger partial charge in [-0.1, -0.05) is 158 Å². The number of pyridine rings is 1. The van der Waals surface area contributed by atoms with Crippen molar-refractivity contribution >= 4 is 39.3 Å². The van der Waals surface area contributed by atoms with Crippen molar-refractivity contribution in [1.29, 1.82) is 0 Å². The van der Waals surface area contributed by atoms with Crippen molar-refractivity contribution in [2.24, 2.45) is 9.98 Å². The number of allylic oxidation sites excluding steroid dienone is 1. The fourth-order valence-electron chi connectivity index (χ4n) is 6.82. The molecule has 8 aromatic rings. The minimum atomic E-state index is 0.634. The predicted molar refractivity (Wildman–Crippen MR) is 216 cm³/mol. The van der Waals surface area contributed by atoms with Gasteiger partial charge in [0.1, 0.15) is 0 Å². The molecular weight excluding hydrogens is 619 g/mol. The van der Waals surface area contributed by atoms with Crippen LogP contribution in [0.15, 0.2) is 198 Å². The maximum atomic E-state index is 5.21. The van der Waals surface area contributed by atoms with Gasteiger partial charge >= 0.3 is 0 Å². The lowest BCUT2D eigenvalue weighted by molar-refractivity contribution is 1.33. The molecule has 0 bridgehead atoms. The first-order valence-electron chi connectivity index (χ1n) is 17.2. The fraction of sp³-hybridized carbons (Fsp3) is 0.0208. The van der Waals surface area contributed by atoms with E-state index in [0.717, 1.165) is 39.1 Å². The SMILES string of the molecule is C/C=C(\N=C(N=Cc1cccc(-c2cccnc2)c1)c1cccc(-c2c3ccccc3c(-c3ccccc3)c3ccccc23)c1)c1ccccc1. The second-order valence-corrected chi connectivity index (χ2v) is 12.4. The number of rotatable bonds is 7. The monoisotopic (exact) mass is 653 g/mol. The maximum absolute atomic E-state index is 5.21. The van der Waals surface area contributed by atoms with E-state index < -0.39 is 0 Å². The van der Waals surface area contributed by atoms with Crippen molar-refractivity contribution in [2.45, 2.75) is 6.92 Å². The van der Waals surface area contributed by atoms with Crippen LogP contribution >= 0.6 is 0 Å². The molecule has 0 aliphatic heterocycles. The average Bonchev–Trinajstić information content (AvgIpc) is 3.21. The van der Waals surface area contributed by atoms with Crippen molar-refractivity contribution in [3.05, 3.63) is 205 Å². The minimum absolute atomic E-state index is 0.634. The summed E-state index contributed by atoms with van der Waals surface area (Å²) in [5.74, 6) is 0.634. The van der Waals surface area contributed by atoms with Gasteiger partial charge in [-0.25, -0.2) is 9.98 Å². The van der Waals surface area contributed by atoms with Crippen LogP contribution in [0.5, 0.6) is 0 Å². The largest absolute Gasteiger partial charge is 0.264 e. The van der Waals surface area contributed by atoms with Crippen molar-refractivity contribution in [1.82, 2.24) is 4.98 Å². The zero-order chi connectivity index (χ0) is 34.4. The van der Waals surface area contributed by atoms with E-state index in [2.05, 4.69) is 151 Å². The molecule has 0 aliphatic rings. The van der Waals surface area contributed by atoms with Gasteiger partial charge in [-0.3, -0.25) is 4.98 Å². The molecule has 0 spiro atoms. The zero-order valence-electron chi connectivity index (χ0n) is 28.3. The third-order valence-corrected chi connectivity index (χ3v) is 9.19. The van der Waals surface area contributed by atoms with Gasteiger partial charge in [0.15, 0.2) is 5.84 Å². The normalized spacial score (nSPS) is 12.2. The summed E-state index contributed by atoms with van der Waals surface area (Å²) in [5, 5.41) is 4.87. The molecule has 51 heavy (non-hydrogen) atoms. The molecular formula is C48H35N3. The highest BCUT2D eigenvalue weighted by Crippen LogP contribution is 2.43. The van der Waals surface area contributed by atoms with E-state index in [9.17, 15) is 0 Å².